The van der Waals surface area contributed by atoms with Crippen LogP contribution in [0.1, 0.15) is 0 Å². The van der Waals surface area contributed by atoms with E-state index < -0.39 is 20.0 Å². The average molecular weight is 327 g/mol. The van der Waals surface area contributed by atoms with Gasteiger partial charge in [0, 0.05) is 3.87 Å². The monoisotopic (exact) mass is 327 g/mol. The van der Waals surface area contributed by atoms with Crippen molar-refractivity contribution in [2.24, 2.45) is 0 Å². The van der Waals surface area contributed by atoms with E-state index in [9.17, 15) is 16.8 Å². The van der Waals surface area contributed by atoms with Crippen molar-refractivity contribution < 1.29 is 21.7 Å². The minimum Gasteiger partial charge on any atom is -0.273 e. The number of sulfonamides is 2. The molecule has 0 atom stereocenters. The molecule has 0 aliphatic rings. The van der Waals surface area contributed by atoms with Gasteiger partial charge in [-0.25, -0.2) is 16.8 Å². The molecule has 6 nitrogen and oxygen atoms in total. The van der Waals surface area contributed by atoms with Gasteiger partial charge >= 0.3 is 0 Å². The molecule has 0 aliphatic carbocycles. The Labute approximate surface area is 123 Å². The van der Waals surface area contributed by atoms with Crippen molar-refractivity contribution in [2.45, 2.75) is 9.79 Å². The fraction of sp³-hybridized carbons (Fsp3) is 0.0769. The topological polar surface area (TPSA) is 80.8 Å². The summed E-state index contributed by atoms with van der Waals surface area (Å²) in [6.45, 7) is 0. The Hall–Kier alpha value is -1.74. The predicted molar refractivity (Wildman–Crippen MR) is 76.1 cm³/mol. The first-order valence-electron chi connectivity index (χ1n) is 5.85. The summed E-state index contributed by atoms with van der Waals surface area (Å²) in [6.07, 6.45) is 0. The van der Waals surface area contributed by atoms with Crippen LogP contribution in [-0.2, 0) is 24.9 Å². The van der Waals surface area contributed by atoms with Crippen LogP contribution >= 0.6 is 0 Å². The van der Waals surface area contributed by atoms with Crippen LogP contribution in [0.3, 0.4) is 0 Å². The van der Waals surface area contributed by atoms with Gasteiger partial charge in [-0.15, -0.1) is 0 Å². The first kappa shape index (κ1) is 15.6. The third-order valence-corrected chi connectivity index (χ3v) is 6.62. The second kappa shape index (κ2) is 5.94. The molecule has 2 aromatic carbocycles. The number of benzene rings is 2. The molecule has 0 saturated heterocycles. The van der Waals surface area contributed by atoms with Gasteiger partial charge in [-0.2, -0.15) is 0 Å². The molecule has 0 amide bonds. The Morgan fingerprint density at radius 1 is 0.714 bits per heavy atom. The normalized spacial score (nSPS) is 12.5. The molecule has 112 valence electrons. The molecule has 0 heterocycles. The van der Waals surface area contributed by atoms with Crippen LogP contribution in [0.25, 0.3) is 0 Å². The maximum absolute atomic E-state index is 12.4. The average Bonchev–Trinajstić information content (AvgIpc) is 2.49. The van der Waals surface area contributed by atoms with Crippen molar-refractivity contribution in [3.63, 3.8) is 0 Å². The van der Waals surface area contributed by atoms with Crippen molar-refractivity contribution in [1.29, 1.82) is 0 Å². The Morgan fingerprint density at radius 2 is 1.05 bits per heavy atom. The highest BCUT2D eigenvalue weighted by atomic mass is 32.3. The summed E-state index contributed by atoms with van der Waals surface area (Å²) in [5.74, 6) is 0. The lowest BCUT2D eigenvalue weighted by Crippen LogP contribution is -2.36. The highest BCUT2D eigenvalue weighted by Gasteiger charge is 2.37. The van der Waals surface area contributed by atoms with Gasteiger partial charge in [0.1, 0.15) is 0 Å². The first-order valence-corrected chi connectivity index (χ1v) is 8.73. The zero-order valence-electron chi connectivity index (χ0n) is 11.1. The Kier molecular flexibility index (Phi) is 4.43. The second-order valence-corrected chi connectivity index (χ2v) is 7.72. The molecule has 0 aliphatic heterocycles. The van der Waals surface area contributed by atoms with E-state index in [1.54, 1.807) is 12.1 Å². The molecule has 2 aromatic rings. The number of hydrogen-bond acceptors (Lipinski definition) is 5. The molecule has 21 heavy (non-hydrogen) atoms. The van der Waals surface area contributed by atoms with E-state index in [1.807, 2.05) is 0 Å². The van der Waals surface area contributed by atoms with Crippen molar-refractivity contribution >= 4 is 20.0 Å². The number of nitrogens with zero attached hydrogens (tertiary/aromatic N) is 1. The lowest BCUT2D eigenvalue weighted by atomic mass is 10.4. The van der Waals surface area contributed by atoms with Crippen molar-refractivity contribution in [3.05, 3.63) is 60.7 Å². The molecule has 0 N–H and O–H groups in total. The number of rotatable bonds is 5. The van der Waals surface area contributed by atoms with Gasteiger partial charge in [-0.1, -0.05) is 36.4 Å². The molecular weight excluding hydrogens is 314 g/mol. The van der Waals surface area contributed by atoms with E-state index in [-0.39, 0.29) is 13.7 Å². The standard InChI is InChI=1S/C13H13NO5S2/c1-19-14(20(15,16)12-8-4-2-5-9-12)21(17,18)13-10-6-3-7-11-13/h2-11H,1H3. The van der Waals surface area contributed by atoms with E-state index in [0.29, 0.717) is 0 Å². The SMILES string of the molecule is CON(S(=O)(=O)c1ccccc1)S(=O)(=O)c1ccccc1. The number of hydrogen-bond donors (Lipinski definition) is 0. The molecule has 8 heteroatoms. The maximum atomic E-state index is 12.4. The Bertz CT molecular complexity index is 733. The molecule has 0 radical (unpaired) electrons. The largest absolute Gasteiger partial charge is 0.279 e. The summed E-state index contributed by atoms with van der Waals surface area (Å²) in [6, 6.07) is 14.4. The Balaban J connectivity index is 2.55. The predicted octanol–water partition coefficient (Wildman–Crippen LogP) is 1.63. The van der Waals surface area contributed by atoms with Gasteiger partial charge in [0.2, 0.25) is 0 Å². The van der Waals surface area contributed by atoms with Gasteiger partial charge < -0.3 is 0 Å². The second-order valence-electron chi connectivity index (χ2n) is 3.98. The molecule has 2 rings (SSSR count). The van der Waals surface area contributed by atoms with E-state index in [1.165, 1.54) is 48.5 Å². The molecule has 0 saturated carbocycles. The molecule has 0 spiro atoms. The van der Waals surface area contributed by atoms with E-state index in [4.69, 9.17) is 0 Å². The summed E-state index contributed by atoms with van der Waals surface area (Å²) < 4.78 is 49.6. The minimum absolute atomic E-state index is 0.0185. The summed E-state index contributed by atoms with van der Waals surface area (Å²) in [5, 5.41) is 0. The van der Waals surface area contributed by atoms with E-state index in [2.05, 4.69) is 4.84 Å². The zero-order chi connectivity index (χ0) is 15.5. The van der Waals surface area contributed by atoms with Gasteiger partial charge in [0.25, 0.3) is 20.0 Å². The maximum Gasteiger partial charge on any atom is 0.279 e. The van der Waals surface area contributed by atoms with Crippen molar-refractivity contribution in [1.82, 2.24) is 3.87 Å². The van der Waals surface area contributed by atoms with Crippen molar-refractivity contribution in [2.75, 3.05) is 7.11 Å². The molecule has 0 aromatic heterocycles. The minimum atomic E-state index is -4.33. The Morgan fingerprint density at radius 3 is 1.33 bits per heavy atom. The molecule has 0 bridgehead atoms. The highest BCUT2D eigenvalue weighted by Crippen LogP contribution is 2.23. The molecular formula is C13H13NO5S2. The van der Waals surface area contributed by atoms with Gasteiger partial charge in [0.05, 0.1) is 16.9 Å². The summed E-state index contributed by atoms with van der Waals surface area (Å²) in [4.78, 5) is 4.30. The van der Waals surface area contributed by atoms with E-state index in [0.717, 1.165) is 7.11 Å². The van der Waals surface area contributed by atoms with Crippen LogP contribution < -0.4 is 0 Å². The lowest BCUT2D eigenvalue weighted by Gasteiger charge is -2.19. The lowest BCUT2D eigenvalue weighted by molar-refractivity contribution is 0.0290. The van der Waals surface area contributed by atoms with Crippen LogP contribution in [0, 0.1) is 0 Å². The third-order valence-electron chi connectivity index (χ3n) is 2.62. The van der Waals surface area contributed by atoms with Crippen LogP contribution in [0.4, 0.5) is 0 Å². The smallest absolute Gasteiger partial charge is 0.273 e. The van der Waals surface area contributed by atoms with Crippen LogP contribution in [-0.4, -0.2) is 27.8 Å². The highest BCUT2D eigenvalue weighted by molar-refractivity contribution is 8.03. The van der Waals surface area contributed by atoms with Crippen LogP contribution in [0.5, 0.6) is 0 Å². The van der Waals surface area contributed by atoms with Crippen LogP contribution in [0.2, 0.25) is 0 Å². The van der Waals surface area contributed by atoms with Gasteiger partial charge in [0.15, 0.2) is 0 Å². The van der Waals surface area contributed by atoms with E-state index >= 15 is 0 Å². The van der Waals surface area contributed by atoms with Crippen molar-refractivity contribution in [3.8, 4) is 0 Å². The quantitative estimate of drug-likeness (QED) is 0.780. The summed E-state index contributed by atoms with van der Waals surface area (Å²) in [5.41, 5.74) is 0. The third kappa shape index (κ3) is 2.98. The summed E-state index contributed by atoms with van der Waals surface area (Å²) >= 11 is 0. The van der Waals surface area contributed by atoms with Crippen LogP contribution in [0.15, 0.2) is 70.5 Å². The van der Waals surface area contributed by atoms with Gasteiger partial charge in [-0.05, 0) is 24.3 Å². The fourth-order valence-electron chi connectivity index (χ4n) is 1.68. The molecule has 0 unspecified atom stereocenters. The first-order chi connectivity index (χ1) is 9.90. The molecule has 0 fully saturated rings. The summed E-state index contributed by atoms with van der Waals surface area (Å²) in [7, 11) is -7.68. The fourth-order valence-corrected chi connectivity index (χ4v) is 4.97. The zero-order valence-corrected chi connectivity index (χ0v) is 12.7. The van der Waals surface area contributed by atoms with Gasteiger partial charge in [-0.3, -0.25) is 4.84 Å².